The van der Waals surface area contributed by atoms with E-state index in [0.717, 1.165) is 5.56 Å². The van der Waals surface area contributed by atoms with Crippen LogP contribution in [-0.4, -0.2) is 30.0 Å². The van der Waals surface area contributed by atoms with Crippen molar-refractivity contribution in [3.63, 3.8) is 0 Å². The van der Waals surface area contributed by atoms with Gasteiger partial charge >= 0.3 is 7.60 Å². The lowest BCUT2D eigenvalue weighted by atomic mass is 9.76. The maximum Gasteiger partial charge on any atom is 0.395 e. The van der Waals surface area contributed by atoms with Crippen LogP contribution in [0.4, 0.5) is 4.39 Å². The lowest BCUT2D eigenvalue weighted by Crippen LogP contribution is -2.32. The molecule has 0 saturated carbocycles. The average molecular weight is 462 g/mol. The van der Waals surface area contributed by atoms with Gasteiger partial charge < -0.3 is 18.9 Å². The van der Waals surface area contributed by atoms with Crippen LogP contribution in [0.3, 0.4) is 0 Å². The van der Waals surface area contributed by atoms with Crippen molar-refractivity contribution in [2.45, 2.75) is 64.3 Å². The Hall–Kier alpha value is -1.98. The molecule has 1 aliphatic heterocycles. The molecule has 3 atom stereocenters. The Kier molecular flexibility index (Phi) is 8.29. The van der Waals surface area contributed by atoms with Crippen molar-refractivity contribution >= 4 is 7.60 Å². The molecule has 0 fully saturated rings. The number of rotatable bonds is 9. The van der Waals surface area contributed by atoms with Crippen molar-refractivity contribution in [1.82, 2.24) is 0 Å². The van der Waals surface area contributed by atoms with E-state index in [-0.39, 0.29) is 42.5 Å². The van der Waals surface area contributed by atoms with Gasteiger partial charge in [-0.15, -0.1) is 0 Å². The van der Waals surface area contributed by atoms with Gasteiger partial charge in [0.15, 0.2) is 0 Å². The molecule has 1 N–H and O–H groups in total. The fraction of sp³-hybridized carbons (Fsp3) is 0.440. The second kappa shape index (κ2) is 10.8. The minimum absolute atomic E-state index is 0.0683. The molecule has 0 saturated heterocycles. The van der Waals surface area contributed by atoms with Crippen molar-refractivity contribution in [2.75, 3.05) is 6.61 Å². The van der Waals surface area contributed by atoms with Crippen molar-refractivity contribution in [1.29, 1.82) is 0 Å². The standard InChI is InChI=1S/C25H32FO5P/c1-17(2)30-32(28,31-18(3)4)24-16-21(20-12-8-9-13-22(20)26)25(23(29-24)14-15-27)19-10-6-5-7-11-19/h5-13,16-18,21,23,25,27H,14-15H2,1-4H3/t21-,23+,25-/m0/s1. The summed E-state index contributed by atoms with van der Waals surface area (Å²) in [4.78, 5) is 0. The summed E-state index contributed by atoms with van der Waals surface area (Å²) in [7, 11) is -3.82. The van der Waals surface area contributed by atoms with Gasteiger partial charge in [0.2, 0.25) is 5.50 Å². The van der Waals surface area contributed by atoms with Crippen LogP contribution in [0.15, 0.2) is 66.2 Å². The van der Waals surface area contributed by atoms with Crippen molar-refractivity contribution < 1.29 is 27.8 Å². The Morgan fingerprint density at radius 3 is 2.16 bits per heavy atom. The zero-order valence-electron chi connectivity index (χ0n) is 19.0. The third-order valence-corrected chi connectivity index (χ3v) is 7.41. The van der Waals surface area contributed by atoms with Crippen LogP contribution >= 0.6 is 7.60 Å². The lowest BCUT2D eigenvalue weighted by molar-refractivity contribution is 0.0455. The van der Waals surface area contributed by atoms with E-state index in [1.165, 1.54) is 6.07 Å². The highest BCUT2D eigenvalue weighted by Crippen LogP contribution is 2.62. The number of ether oxygens (including phenoxy) is 1. The SMILES string of the molecule is CC(C)OP(=O)(OC(C)C)C1=C[C@@H](c2ccccc2F)[C@H](c2ccccc2)[C@@H](CCO)O1. The maximum atomic E-state index is 15.0. The minimum Gasteiger partial charge on any atom is -0.482 e. The van der Waals surface area contributed by atoms with Crippen LogP contribution in [-0.2, 0) is 18.3 Å². The van der Waals surface area contributed by atoms with Gasteiger partial charge in [0, 0.05) is 24.9 Å². The quantitative estimate of drug-likeness (QED) is 0.440. The Morgan fingerprint density at radius 1 is 1.00 bits per heavy atom. The second-order valence-electron chi connectivity index (χ2n) is 8.46. The van der Waals surface area contributed by atoms with E-state index < -0.39 is 19.6 Å². The van der Waals surface area contributed by atoms with Gasteiger partial charge in [-0.05, 0) is 51.0 Å². The molecule has 2 aromatic carbocycles. The highest BCUT2D eigenvalue weighted by molar-refractivity contribution is 7.58. The summed E-state index contributed by atoms with van der Waals surface area (Å²) >= 11 is 0. The molecular weight excluding hydrogens is 430 g/mol. The zero-order valence-corrected chi connectivity index (χ0v) is 19.9. The van der Waals surface area contributed by atoms with Crippen molar-refractivity contribution in [3.05, 3.63) is 83.1 Å². The molecule has 0 amide bonds. The number of halogens is 1. The third kappa shape index (κ3) is 5.68. The van der Waals surface area contributed by atoms with Gasteiger partial charge in [0.1, 0.15) is 11.9 Å². The number of aliphatic hydroxyl groups is 1. The molecule has 0 aromatic heterocycles. The first-order valence-electron chi connectivity index (χ1n) is 11.0. The van der Waals surface area contributed by atoms with E-state index in [2.05, 4.69) is 0 Å². The summed E-state index contributed by atoms with van der Waals surface area (Å²) in [6.45, 7) is 6.95. The number of allylic oxidation sites excluding steroid dienone is 1. The number of hydrogen-bond donors (Lipinski definition) is 1. The molecule has 2 aromatic rings. The zero-order chi connectivity index (χ0) is 23.3. The van der Waals surface area contributed by atoms with E-state index in [1.807, 2.05) is 30.3 Å². The molecule has 0 unspecified atom stereocenters. The van der Waals surface area contributed by atoms with Gasteiger partial charge in [0.25, 0.3) is 0 Å². The van der Waals surface area contributed by atoms with E-state index >= 15 is 0 Å². The summed E-state index contributed by atoms with van der Waals surface area (Å²) in [5.74, 6) is -1.14. The van der Waals surface area contributed by atoms with Gasteiger partial charge in [-0.1, -0.05) is 48.5 Å². The summed E-state index contributed by atoms with van der Waals surface area (Å²) in [5.41, 5.74) is 1.48. The van der Waals surface area contributed by atoms with Crippen LogP contribution in [0.25, 0.3) is 0 Å². The third-order valence-electron chi connectivity index (χ3n) is 5.21. The van der Waals surface area contributed by atoms with Gasteiger partial charge in [-0.25, -0.2) is 4.39 Å². The number of benzene rings is 2. The summed E-state index contributed by atoms with van der Waals surface area (Å²) in [5, 5.41) is 9.77. The van der Waals surface area contributed by atoms with Crippen molar-refractivity contribution in [3.8, 4) is 0 Å². The number of hydrogen-bond acceptors (Lipinski definition) is 5. The second-order valence-corrected chi connectivity index (χ2v) is 10.3. The maximum absolute atomic E-state index is 15.0. The first-order chi connectivity index (χ1) is 15.2. The Morgan fingerprint density at radius 2 is 1.59 bits per heavy atom. The smallest absolute Gasteiger partial charge is 0.395 e. The van der Waals surface area contributed by atoms with E-state index in [0.29, 0.717) is 5.56 Å². The van der Waals surface area contributed by atoms with E-state index in [1.54, 1.807) is 52.0 Å². The largest absolute Gasteiger partial charge is 0.482 e. The fourth-order valence-corrected chi connectivity index (χ4v) is 6.06. The first-order valence-corrected chi connectivity index (χ1v) is 12.6. The van der Waals surface area contributed by atoms with Gasteiger partial charge in [-0.3, -0.25) is 4.57 Å². The number of aliphatic hydroxyl groups excluding tert-OH is 1. The van der Waals surface area contributed by atoms with Crippen LogP contribution in [0.5, 0.6) is 0 Å². The molecular formula is C25H32FO5P. The summed E-state index contributed by atoms with van der Waals surface area (Å²) in [6.07, 6.45) is 0.658. The molecule has 0 aliphatic carbocycles. The Labute approximate surface area is 189 Å². The normalized spacial score (nSPS) is 21.5. The summed E-state index contributed by atoms with van der Waals surface area (Å²) in [6, 6.07) is 16.2. The molecule has 0 radical (unpaired) electrons. The molecule has 1 aliphatic rings. The first kappa shape index (κ1) is 24.7. The highest BCUT2D eigenvalue weighted by atomic mass is 31.2. The van der Waals surface area contributed by atoms with Crippen LogP contribution in [0.2, 0.25) is 0 Å². The fourth-order valence-electron chi connectivity index (χ4n) is 4.09. The molecule has 0 spiro atoms. The predicted molar refractivity (Wildman–Crippen MR) is 123 cm³/mol. The highest BCUT2D eigenvalue weighted by Gasteiger charge is 2.45. The molecule has 5 nitrogen and oxygen atoms in total. The molecule has 174 valence electrons. The lowest BCUT2D eigenvalue weighted by Gasteiger charge is -2.39. The average Bonchev–Trinajstić information content (AvgIpc) is 2.73. The van der Waals surface area contributed by atoms with E-state index in [4.69, 9.17) is 13.8 Å². The van der Waals surface area contributed by atoms with Crippen LogP contribution in [0, 0.1) is 5.82 Å². The topological polar surface area (TPSA) is 65.0 Å². The van der Waals surface area contributed by atoms with E-state index in [9.17, 15) is 14.1 Å². The van der Waals surface area contributed by atoms with Crippen LogP contribution in [0.1, 0.15) is 57.1 Å². The minimum atomic E-state index is -3.82. The molecule has 32 heavy (non-hydrogen) atoms. The van der Waals surface area contributed by atoms with Gasteiger partial charge in [0.05, 0.1) is 12.2 Å². The molecule has 0 bridgehead atoms. The predicted octanol–water partition coefficient (Wildman–Crippen LogP) is 6.36. The Bertz CT molecular complexity index is 946. The molecule has 1 heterocycles. The van der Waals surface area contributed by atoms with Crippen molar-refractivity contribution in [2.24, 2.45) is 0 Å². The monoisotopic (exact) mass is 462 g/mol. The molecule has 3 rings (SSSR count). The summed E-state index contributed by atoms with van der Waals surface area (Å²) < 4.78 is 46.5. The molecule has 7 heteroatoms. The van der Waals surface area contributed by atoms with Gasteiger partial charge in [-0.2, -0.15) is 0 Å². The Balaban J connectivity index is 2.19. The van der Waals surface area contributed by atoms with Crippen LogP contribution < -0.4 is 0 Å².